The van der Waals surface area contributed by atoms with E-state index in [0.29, 0.717) is 5.95 Å². The first-order chi connectivity index (χ1) is 7.33. The first-order valence-corrected chi connectivity index (χ1v) is 5.13. The van der Waals surface area contributed by atoms with Crippen LogP contribution < -0.4 is 5.73 Å². The summed E-state index contributed by atoms with van der Waals surface area (Å²) >= 11 is 0. The smallest absolute Gasteiger partial charge is 0.239 e. The summed E-state index contributed by atoms with van der Waals surface area (Å²) < 4.78 is 0. The minimum Gasteiger partial charge on any atom is -0.366 e. The van der Waals surface area contributed by atoms with Crippen LogP contribution in [0.15, 0.2) is 18.2 Å². The third-order valence-corrected chi connectivity index (χ3v) is 2.87. The normalized spacial score (nSPS) is 14.1. The van der Waals surface area contributed by atoms with Gasteiger partial charge in [0.15, 0.2) is 5.82 Å². The second kappa shape index (κ2) is 3.08. The van der Waals surface area contributed by atoms with E-state index in [1.165, 1.54) is 30.4 Å². The summed E-state index contributed by atoms with van der Waals surface area (Å²) in [5, 5.41) is 6.66. The standard InChI is InChI=1S/C11H12N4/c12-11-13-10(14-15-11)9-5-4-7-2-1-3-8(7)6-9/h4-6H,1-3H2,(H3,12,13,14,15). The molecule has 3 N–H and O–H groups in total. The van der Waals surface area contributed by atoms with Crippen LogP contribution in [-0.4, -0.2) is 15.2 Å². The molecule has 0 saturated heterocycles. The van der Waals surface area contributed by atoms with Crippen molar-refractivity contribution in [3.05, 3.63) is 29.3 Å². The molecule has 0 fully saturated rings. The molecule has 0 spiro atoms. The average molecular weight is 200 g/mol. The Bertz CT molecular complexity index is 501. The van der Waals surface area contributed by atoms with Gasteiger partial charge in [0.2, 0.25) is 5.95 Å². The van der Waals surface area contributed by atoms with E-state index < -0.39 is 0 Å². The Balaban J connectivity index is 2.06. The summed E-state index contributed by atoms with van der Waals surface area (Å²) in [5.41, 5.74) is 9.44. The molecule has 2 aromatic rings. The molecule has 1 heterocycles. The van der Waals surface area contributed by atoms with Gasteiger partial charge in [-0.2, -0.15) is 4.98 Å². The molecule has 4 nitrogen and oxygen atoms in total. The molecule has 0 saturated carbocycles. The zero-order chi connectivity index (χ0) is 10.3. The zero-order valence-corrected chi connectivity index (χ0v) is 8.33. The largest absolute Gasteiger partial charge is 0.366 e. The summed E-state index contributed by atoms with van der Waals surface area (Å²) in [6, 6.07) is 6.43. The topological polar surface area (TPSA) is 67.6 Å². The molecule has 4 heteroatoms. The number of fused-ring (bicyclic) bond motifs is 1. The van der Waals surface area contributed by atoms with Crippen molar-refractivity contribution in [3.63, 3.8) is 0 Å². The van der Waals surface area contributed by atoms with Gasteiger partial charge in [0.25, 0.3) is 0 Å². The fourth-order valence-corrected chi connectivity index (χ4v) is 2.12. The molecule has 1 aromatic heterocycles. The third-order valence-electron chi connectivity index (χ3n) is 2.87. The lowest BCUT2D eigenvalue weighted by Gasteiger charge is -2.01. The van der Waals surface area contributed by atoms with Crippen molar-refractivity contribution in [3.8, 4) is 11.4 Å². The van der Waals surface area contributed by atoms with E-state index in [1.54, 1.807) is 0 Å². The number of rotatable bonds is 1. The van der Waals surface area contributed by atoms with Crippen LogP contribution in [0.1, 0.15) is 17.5 Å². The summed E-state index contributed by atoms with van der Waals surface area (Å²) in [6.45, 7) is 0. The minimum absolute atomic E-state index is 0.297. The van der Waals surface area contributed by atoms with Crippen molar-refractivity contribution in [2.75, 3.05) is 5.73 Å². The molecule has 3 rings (SSSR count). The van der Waals surface area contributed by atoms with Crippen LogP contribution in [0.5, 0.6) is 0 Å². The van der Waals surface area contributed by atoms with E-state index in [4.69, 9.17) is 5.73 Å². The van der Waals surface area contributed by atoms with Gasteiger partial charge in [-0.1, -0.05) is 12.1 Å². The first-order valence-electron chi connectivity index (χ1n) is 5.13. The molecular formula is C11H12N4. The molecule has 0 atom stereocenters. The highest BCUT2D eigenvalue weighted by molar-refractivity contribution is 5.58. The number of hydrogen-bond donors (Lipinski definition) is 2. The number of nitrogens with zero attached hydrogens (tertiary/aromatic N) is 2. The van der Waals surface area contributed by atoms with E-state index in [9.17, 15) is 0 Å². The quantitative estimate of drug-likeness (QED) is 0.733. The van der Waals surface area contributed by atoms with Crippen molar-refractivity contribution in [2.24, 2.45) is 0 Å². The Morgan fingerprint density at radius 1 is 1.20 bits per heavy atom. The Morgan fingerprint density at radius 3 is 2.87 bits per heavy atom. The number of H-pyrrole nitrogens is 1. The van der Waals surface area contributed by atoms with Crippen molar-refractivity contribution in [2.45, 2.75) is 19.3 Å². The highest BCUT2D eigenvalue weighted by Crippen LogP contribution is 2.26. The Labute approximate surface area is 87.5 Å². The fourth-order valence-electron chi connectivity index (χ4n) is 2.12. The number of aryl methyl sites for hydroxylation is 2. The van der Waals surface area contributed by atoms with E-state index in [1.807, 2.05) is 0 Å². The third kappa shape index (κ3) is 1.38. The molecule has 15 heavy (non-hydrogen) atoms. The number of anilines is 1. The monoisotopic (exact) mass is 200 g/mol. The van der Waals surface area contributed by atoms with Gasteiger partial charge < -0.3 is 5.73 Å². The van der Waals surface area contributed by atoms with E-state index in [0.717, 1.165) is 11.4 Å². The molecule has 0 bridgehead atoms. The minimum atomic E-state index is 0.297. The molecule has 1 aliphatic rings. The van der Waals surface area contributed by atoms with Crippen molar-refractivity contribution in [1.82, 2.24) is 15.2 Å². The summed E-state index contributed by atoms with van der Waals surface area (Å²) in [7, 11) is 0. The van der Waals surface area contributed by atoms with Gasteiger partial charge in [-0.05, 0) is 36.5 Å². The van der Waals surface area contributed by atoms with E-state index in [2.05, 4.69) is 33.4 Å². The van der Waals surface area contributed by atoms with Crippen molar-refractivity contribution in [1.29, 1.82) is 0 Å². The summed E-state index contributed by atoms with van der Waals surface area (Å²) in [6.07, 6.45) is 3.64. The van der Waals surface area contributed by atoms with Crippen molar-refractivity contribution >= 4 is 5.95 Å². The van der Waals surface area contributed by atoms with Gasteiger partial charge in [0, 0.05) is 5.56 Å². The van der Waals surface area contributed by atoms with Gasteiger partial charge in [-0.15, -0.1) is 5.10 Å². The SMILES string of the molecule is Nc1n[nH]c(-c2ccc3c(c2)CCC3)n1. The lowest BCUT2D eigenvalue weighted by molar-refractivity contribution is 0.912. The lowest BCUT2D eigenvalue weighted by Crippen LogP contribution is -1.87. The number of aromatic amines is 1. The molecule has 1 aromatic carbocycles. The van der Waals surface area contributed by atoms with Gasteiger partial charge in [0.1, 0.15) is 0 Å². The predicted octanol–water partition coefficient (Wildman–Crippen LogP) is 1.54. The molecule has 0 radical (unpaired) electrons. The van der Waals surface area contributed by atoms with Crippen LogP contribution in [0.25, 0.3) is 11.4 Å². The number of nitrogen functional groups attached to an aromatic ring is 1. The maximum Gasteiger partial charge on any atom is 0.239 e. The number of nitrogens with one attached hydrogen (secondary N) is 1. The highest BCUT2D eigenvalue weighted by atomic mass is 15.3. The Hall–Kier alpha value is -1.84. The van der Waals surface area contributed by atoms with Crippen LogP contribution in [0.2, 0.25) is 0 Å². The molecule has 76 valence electrons. The van der Waals surface area contributed by atoms with Crippen molar-refractivity contribution < 1.29 is 0 Å². The Kier molecular flexibility index (Phi) is 1.74. The maximum atomic E-state index is 5.48. The average Bonchev–Trinajstić information content (AvgIpc) is 2.84. The zero-order valence-electron chi connectivity index (χ0n) is 8.33. The van der Waals surface area contributed by atoms with Gasteiger partial charge >= 0.3 is 0 Å². The van der Waals surface area contributed by atoms with Crippen LogP contribution in [-0.2, 0) is 12.8 Å². The highest BCUT2D eigenvalue weighted by Gasteiger charge is 2.12. The van der Waals surface area contributed by atoms with Gasteiger partial charge in [0.05, 0.1) is 0 Å². The van der Waals surface area contributed by atoms with E-state index >= 15 is 0 Å². The Morgan fingerprint density at radius 2 is 2.07 bits per heavy atom. The first kappa shape index (κ1) is 8.47. The number of aromatic nitrogens is 3. The summed E-state index contributed by atoms with van der Waals surface area (Å²) in [5.74, 6) is 1.05. The molecule has 0 aliphatic heterocycles. The fraction of sp³-hybridized carbons (Fsp3) is 0.273. The van der Waals surface area contributed by atoms with Gasteiger partial charge in [-0.25, -0.2) is 0 Å². The van der Waals surface area contributed by atoms with Crippen LogP contribution in [0.4, 0.5) is 5.95 Å². The summed E-state index contributed by atoms with van der Waals surface area (Å²) in [4.78, 5) is 4.12. The van der Waals surface area contributed by atoms with Gasteiger partial charge in [-0.3, -0.25) is 5.10 Å². The van der Waals surface area contributed by atoms with E-state index in [-0.39, 0.29) is 0 Å². The molecule has 1 aliphatic carbocycles. The van der Waals surface area contributed by atoms with Crippen LogP contribution >= 0.6 is 0 Å². The second-order valence-corrected chi connectivity index (χ2v) is 3.88. The number of hydrogen-bond acceptors (Lipinski definition) is 3. The molecule has 0 amide bonds. The molecule has 0 unspecified atom stereocenters. The predicted molar refractivity (Wildman–Crippen MR) is 58.3 cm³/mol. The lowest BCUT2D eigenvalue weighted by atomic mass is 10.1. The van der Waals surface area contributed by atoms with Crippen LogP contribution in [0, 0.1) is 0 Å². The number of benzene rings is 1. The number of nitrogens with two attached hydrogens (primary N) is 1. The van der Waals surface area contributed by atoms with Crippen LogP contribution in [0.3, 0.4) is 0 Å². The second-order valence-electron chi connectivity index (χ2n) is 3.88. The maximum absolute atomic E-state index is 5.48. The molecular weight excluding hydrogens is 188 g/mol.